The van der Waals surface area contributed by atoms with Gasteiger partial charge in [0.1, 0.15) is 5.82 Å². The quantitative estimate of drug-likeness (QED) is 0.850. The summed E-state index contributed by atoms with van der Waals surface area (Å²) in [5.74, 6) is 0.780. The first kappa shape index (κ1) is 14.2. The smallest absolute Gasteiger partial charge is 0.260 e. The zero-order valence-corrected chi connectivity index (χ0v) is 12.8. The predicted octanol–water partition coefficient (Wildman–Crippen LogP) is -0.179. The summed E-state index contributed by atoms with van der Waals surface area (Å²) in [5, 5.41) is 4.16. The minimum atomic E-state index is -3.53. The van der Waals surface area contributed by atoms with Crippen LogP contribution in [0.5, 0.6) is 0 Å². The van der Waals surface area contributed by atoms with Crippen molar-refractivity contribution in [3.05, 3.63) is 30.5 Å². The van der Waals surface area contributed by atoms with Gasteiger partial charge in [0.15, 0.2) is 5.03 Å². The number of hydrogen-bond acceptors (Lipinski definition) is 5. The maximum absolute atomic E-state index is 12.7. The number of sulfonamides is 1. The third-order valence-corrected chi connectivity index (χ3v) is 5.77. The molecule has 0 unspecified atom stereocenters. The molecule has 1 saturated heterocycles. The van der Waals surface area contributed by atoms with Crippen molar-refractivity contribution >= 4 is 10.0 Å². The Bertz CT molecular complexity index is 708. The lowest BCUT2D eigenvalue weighted by molar-refractivity contribution is 0.142. The van der Waals surface area contributed by atoms with Crippen LogP contribution >= 0.6 is 0 Å². The van der Waals surface area contributed by atoms with Gasteiger partial charge in [0.05, 0.1) is 12.2 Å². The van der Waals surface area contributed by atoms with Crippen LogP contribution in [-0.2, 0) is 17.1 Å². The minimum absolute atomic E-state index is 0.0725. The Hall–Kier alpha value is -1.71. The van der Waals surface area contributed by atoms with Gasteiger partial charge in [-0.05, 0) is 13.1 Å². The second kappa shape index (κ2) is 5.24. The molecule has 0 radical (unpaired) electrons. The van der Waals surface area contributed by atoms with Gasteiger partial charge in [0.25, 0.3) is 10.0 Å². The third-order valence-electron chi connectivity index (χ3n) is 3.83. The highest BCUT2D eigenvalue weighted by Gasteiger charge is 2.35. The van der Waals surface area contributed by atoms with E-state index in [1.54, 1.807) is 19.4 Å². The molecule has 3 heterocycles. The molecule has 3 rings (SSSR count). The summed E-state index contributed by atoms with van der Waals surface area (Å²) < 4.78 is 28.3. The maximum Gasteiger partial charge on any atom is 0.260 e. The van der Waals surface area contributed by atoms with Gasteiger partial charge < -0.3 is 4.98 Å². The Morgan fingerprint density at radius 2 is 2.10 bits per heavy atom. The first-order chi connectivity index (χ1) is 10.00. The summed E-state index contributed by atoms with van der Waals surface area (Å²) in [5.41, 5.74) is 0. The van der Waals surface area contributed by atoms with Crippen LogP contribution in [0.15, 0.2) is 29.7 Å². The number of aromatic nitrogens is 4. The first-order valence-corrected chi connectivity index (χ1v) is 8.12. The molecule has 8 nitrogen and oxygen atoms in total. The lowest BCUT2D eigenvalue weighted by atomic mass is 10.2. The molecule has 1 atom stereocenters. The van der Waals surface area contributed by atoms with Gasteiger partial charge in [-0.1, -0.05) is 0 Å². The molecule has 114 valence electrons. The number of piperazine rings is 1. The Morgan fingerprint density at radius 3 is 2.71 bits per heavy atom. The molecule has 1 fully saturated rings. The van der Waals surface area contributed by atoms with Crippen molar-refractivity contribution in [1.29, 1.82) is 0 Å². The van der Waals surface area contributed by atoms with Crippen LogP contribution in [0, 0.1) is 0 Å². The standard InChI is InChI=1S/C12H18N6O2S/c1-16-7-8-18(9-10(16)12-13-5-6-14-12)21(19,20)11-3-4-15-17(11)2/h3-6,10H,7-9H2,1-2H3,(H,13,14)/t10-/m0/s1. The summed E-state index contributed by atoms with van der Waals surface area (Å²) in [6, 6.07) is 1.45. The van der Waals surface area contributed by atoms with E-state index in [4.69, 9.17) is 0 Å². The molecular formula is C12H18N6O2S. The fourth-order valence-corrected chi connectivity index (χ4v) is 4.11. The van der Waals surface area contributed by atoms with Crippen LogP contribution in [0.4, 0.5) is 0 Å². The second-order valence-corrected chi connectivity index (χ2v) is 7.01. The number of H-pyrrole nitrogens is 1. The Kier molecular flexibility index (Phi) is 3.56. The van der Waals surface area contributed by atoms with Gasteiger partial charge in [-0.25, -0.2) is 13.4 Å². The lowest BCUT2D eigenvalue weighted by Gasteiger charge is -2.37. The third kappa shape index (κ3) is 2.47. The van der Waals surface area contributed by atoms with Gasteiger partial charge >= 0.3 is 0 Å². The molecule has 0 aromatic carbocycles. The monoisotopic (exact) mass is 310 g/mol. The molecular weight excluding hydrogens is 292 g/mol. The van der Waals surface area contributed by atoms with Crippen LogP contribution in [0.25, 0.3) is 0 Å². The van der Waals surface area contributed by atoms with Crippen molar-refractivity contribution in [2.24, 2.45) is 7.05 Å². The van der Waals surface area contributed by atoms with Gasteiger partial charge in [0.2, 0.25) is 0 Å². The maximum atomic E-state index is 12.7. The molecule has 2 aromatic rings. The average Bonchev–Trinajstić information content (AvgIpc) is 3.10. The van der Waals surface area contributed by atoms with E-state index in [1.807, 2.05) is 7.05 Å². The Labute approximate surface area is 123 Å². The van der Waals surface area contributed by atoms with Crippen LogP contribution < -0.4 is 0 Å². The van der Waals surface area contributed by atoms with Crippen molar-refractivity contribution in [2.75, 3.05) is 26.7 Å². The molecule has 1 N–H and O–H groups in total. The lowest BCUT2D eigenvalue weighted by Crippen LogP contribution is -2.49. The van der Waals surface area contributed by atoms with Crippen LogP contribution in [0.2, 0.25) is 0 Å². The normalized spacial score (nSPS) is 21.7. The first-order valence-electron chi connectivity index (χ1n) is 6.68. The molecule has 1 aliphatic rings. The SMILES string of the molecule is CN1CCN(S(=O)(=O)c2ccnn2C)C[C@H]1c1ncc[nH]1. The number of nitrogens with one attached hydrogen (secondary N) is 1. The van der Waals surface area contributed by atoms with E-state index in [0.717, 1.165) is 5.82 Å². The predicted molar refractivity (Wildman–Crippen MR) is 75.9 cm³/mol. The van der Waals surface area contributed by atoms with E-state index in [1.165, 1.54) is 21.3 Å². The summed E-state index contributed by atoms with van der Waals surface area (Å²) in [6.45, 7) is 1.49. The molecule has 9 heteroatoms. The minimum Gasteiger partial charge on any atom is -0.347 e. The number of likely N-dealkylation sites (N-methyl/N-ethyl adjacent to an activating group) is 1. The molecule has 1 aliphatic heterocycles. The fourth-order valence-electron chi connectivity index (χ4n) is 2.57. The number of imidazole rings is 1. The van der Waals surface area contributed by atoms with E-state index < -0.39 is 10.0 Å². The van der Waals surface area contributed by atoms with Gasteiger partial charge in [-0.2, -0.15) is 9.40 Å². The Balaban J connectivity index is 1.89. The highest BCUT2D eigenvalue weighted by molar-refractivity contribution is 7.89. The van der Waals surface area contributed by atoms with E-state index in [0.29, 0.717) is 19.6 Å². The van der Waals surface area contributed by atoms with E-state index >= 15 is 0 Å². The molecule has 0 saturated carbocycles. The molecule has 0 aliphatic carbocycles. The van der Waals surface area contributed by atoms with Gasteiger partial charge in [0, 0.05) is 39.1 Å². The largest absolute Gasteiger partial charge is 0.347 e. The molecule has 0 bridgehead atoms. The number of aromatic amines is 1. The van der Waals surface area contributed by atoms with Crippen LogP contribution in [0.3, 0.4) is 0 Å². The van der Waals surface area contributed by atoms with Crippen LogP contribution in [0.1, 0.15) is 11.9 Å². The zero-order valence-electron chi connectivity index (χ0n) is 12.0. The van der Waals surface area contributed by atoms with Crippen molar-refractivity contribution in [3.63, 3.8) is 0 Å². The molecule has 2 aromatic heterocycles. The highest BCUT2D eigenvalue weighted by atomic mass is 32.2. The summed E-state index contributed by atoms with van der Waals surface area (Å²) >= 11 is 0. The zero-order chi connectivity index (χ0) is 15.0. The Morgan fingerprint density at radius 1 is 1.29 bits per heavy atom. The number of hydrogen-bond donors (Lipinski definition) is 1. The molecule has 0 amide bonds. The van der Waals surface area contributed by atoms with E-state index in [-0.39, 0.29) is 11.1 Å². The fraction of sp³-hybridized carbons (Fsp3) is 0.500. The van der Waals surface area contributed by atoms with E-state index in [9.17, 15) is 8.42 Å². The summed E-state index contributed by atoms with van der Waals surface area (Å²) in [6.07, 6.45) is 4.92. The second-order valence-electron chi connectivity index (χ2n) is 5.13. The van der Waals surface area contributed by atoms with Gasteiger partial charge in [-0.3, -0.25) is 9.58 Å². The molecule has 21 heavy (non-hydrogen) atoms. The summed E-state index contributed by atoms with van der Waals surface area (Å²) in [7, 11) is 0.0740. The number of rotatable bonds is 3. The molecule has 0 spiro atoms. The van der Waals surface area contributed by atoms with Crippen molar-refractivity contribution in [2.45, 2.75) is 11.1 Å². The topological polar surface area (TPSA) is 87.1 Å². The average molecular weight is 310 g/mol. The summed E-state index contributed by atoms with van der Waals surface area (Å²) in [4.78, 5) is 9.42. The van der Waals surface area contributed by atoms with Crippen molar-refractivity contribution in [3.8, 4) is 0 Å². The highest BCUT2D eigenvalue weighted by Crippen LogP contribution is 2.25. The van der Waals surface area contributed by atoms with Crippen LogP contribution in [-0.4, -0.2) is 64.1 Å². The van der Waals surface area contributed by atoms with E-state index in [2.05, 4.69) is 20.0 Å². The van der Waals surface area contributed by atoms with Crippen molar-refractivity contribution in [1.82, 2.24) is 29.0 Å². The number of aryl methyl sites for hydroxylation is 1. The van der Waals surface area contributed by atoms with Gasteiger partial charge in [-0.15, -0.1) is 0 Å². The number of nitrogens with zero attached hydrogens (tertiary/aromatic N) is 5. The van der Waals surface area contributed by atoms with Crippen molar-refractivity contribution < 1.29 is 8.42 Å².